The van der Waals surface area contributed by atoms with Crippen LogP contribution in [0.25, 0.3) is 32.6 Å². The Bertz CT molecular complexity index is 1110. The lowest BCUT2D eigenvalue weighted by atomic mass is 9.91. The SMILES string of the molecule is Cc1c(C)c2c(C(N)=O)c3ccccc3nc2c2ccccc12. The van der Waals surface area contributed by atoms with Crippen molar-refractivity contribution in [2.45, 2.75) is 13.8 Å². The zero-order valence-corrected chi connectivity index (χ0v) is 13.1. The summed E-state index contributed by atoms with van der Waals surface area (Å²) in [7, 11) is 0. The molecule has 3 aromatic carbocycles. The minimum Gasteiger partial charge on any atom is -0.366 e. The van der Waals surface area contributed by atoms with Gasteiger partial charge in [0.25, 0.3) is 0 Å². The second-order valence-electron chi connectivity index (χ2n) is 5.89. The fraction of sp³-hybridized carbons (Fsp3) is 0.100. The Kier molecular flexibility index (Phi) is 2.85. The number of aryl methyl sites for hydroxylation is 2. The van der Waals surface area contributed by atoms with E-state index in [0.717, 1.165) is 43.7 Å². The van der Waals surface area contributed by atoms with Crippen molar-refractivity contribution in [3.8, 4) is 0 Å². The van der Waals surface area contributed by atoms with Crippen LogP contribution in [0.3, 0.4) is 0 Å². The zero-order chi connectivity index (χ0) is 16.1. The van der Waals surface area contributed by atoms with Crippen LogP contribution in [0.15, 0.2) is 48.5 Å². The van der Waals surface area contributed by atoms with Gasteiger partial charge in [0.1, 0.15) is 0 Å². The van der Waals surface area contributed by atoms with Crippen LogP contribution in [0.2, 0.25) is 0 Å². The number of rotatable bonds is 1. The summed E-state index contributed by atoms with van der Waals surface area (Å²) in [5, 5.41) is 3.90. The standard InChI is InChI=1S/C20H16N2O/c1-11-12(2)17-18(20(21)23)15-9-5-6-10-16(15)22-19(17)14-8-4-3-7-13(11)14/h3-10H,1-2H3,(H2,21,23). The molecule has 4 aromatic rings. The molecule has 0 saturated carbocycles. The van der Waals surface area contributed by atoms with Gasteiger partial charge in [0.2, 0.25) is 5.91 Å². The van der Waals surface area contributed by atoms with Crippen LogP contribution < -0.4 is 5.73 Å². The minimum atomic E-state index is -0.411. The number of hydrogen-bond donors (Lipinski definition) is 1. The normalized spacial score (nSPS) is 11.4. The van der Waals surface area contributed by atoms with Crippen molar-refractivity contribution in [1.82, 2.24) is 4.98 Å². The first-order valence-corrected chi connectivity index (χ1v) is 7.59. The van der Waals surface area contributed by atoms with E-state index in [1.54, 1.807) is 0 Å². The first kappa shape index (κ1) is 13.7. The molecule has 0 fully saturated rings. The zero-order valence-electron chi connectivity index (χ0n) is 13.1. The number of fused-ring (bicyclic) bond motifs is 4. The van der Waals surface area contributed by atoms with Gasteiger partial charge in [-0.05, 0) is 36.4 Å². The van der Waals surface area contributed by atoms with E-state index >= 15 is 0 Å². The highest BCUT2D eigenvalue weighted by Crippen LogP contribution is 2.35. The van der Waals surface area contributed by atoms with E-state index in [9.17, 15) is 4.79 Å². The molecule has 112 valence electrons. The van der Waals surface area contributed by atoms with Crippen LogP contribution in [0, 0.1) is 13.8 Å². The Balaban J connectivity index is 2.41. The van der Waals surface area contributed by atoms with Gasteiger partial charge in [0.05, 0.1) is 16.6 Å². The van der Waals surface area contributed by atoms with Crippen molar-refractivity contribution in [1.29, 1.82) is 0 Å². The lowest BCUT2D eigenvalue weighted by Crippen LogP contribution is -2.13. The Labute approximate surface area is 133 Å². The van der Waals surface area contributed by atoms with Crippen LogP contribution in [0.5, 0.6) is 0 Å². The third-order valence-electron chi connectivity index (χ3n) is 4.66. The molecule has 23 heavy (non-hydrogen) atoms. The Morgan fingerprint density at radius 2 is 1.48 bits per heavy atom. The van der Waals surface area contributed by atoms with Gasteiger partial charge >= 0.3 is 0 Å². The highest BCUT2D eigenvalue weighted by Gasteiger charge is 2.18. The van der Waals surface area contributed by atoms with Gasteiger partial charge in [0, 0.05) is 16.2 Å². The summed E-state index contributed by atoms with van der Waals surface area (Å²) >= 11 is 0. The summed E-state index contributed by atoms with van der Waals surface area (Å²) in [6.45, 7) is 4.12. The molecular formula is C20H16N2O. The van der Waals surface area contributed by atoms with E-state index in [0.29, 0.717) is 5.56 Å². The predicted octanol–water partition coefficient (Wildman–Crippen LogP) is 4.26. The summed E-state index contributed by atoms with van der Waals surface area (Å²) in [6, 6.07) is 15.8. The van der Waals surface area contributed by atoms with Crippen molar-refractivity contribution in [3.63, 3.8) is 0 Å². The van der Waals surface area contributed by atoms with Gasteiger partial charge in [-0.1, -0.05) is 42.5 Å². The van der Waals surface area contributed by atoms with E-state index in [1.807, 2.05) is 43.3 Å². The quantitative estimate of drug-likeness (QED) is 0.422. The van der Waals surface area contributed by atoms with Gasteiger partial charge in [-0.2, -0.15) is 0 Å². The molecule has 1 heterocycles. The molecule has 1 amide bonds. The molecule has 0 radical (unpaired) electrons. The lowest BCUT2D eigenvalue weighted by Gasteiger charge is -2.15. The van der Waals surface area contributed by atoms with Crippen molar-refractivity contribution in [3.05, 3.63) is 65.2 Å². The number of para-hydroxylation sites is 1. The smallest absolute Gasteiger partial charge is 0.250 e. The number of primary amides is 1. The molecule has 0 unspecified atom stereocenters. The van der Waals surface area contributed by atoms with Crippen LogP contribution in [-0.4, -0.2) is 10.9 Å². The fourth-order valence-corrected chi connectivity index (χ4v) is 3.43. The van der Waals surface area contributed by atoms with Gasteiger partial charge in [-0.3, -0.25) is 4.79 Å². The van der Waals surface area contributed by atoms with Gasteiger partial charge in [-0.15, -0.1) is 0 Å². The first-order valence-electron chi connectivity index (χ1n) is 7.59. The third-order valence-corrected chi connectivity index (χ3v) is 4.66. The number of nitrogens with two attached hydrogens (primary N) is 1. The molecule has 1 aromatic heterocycles. The maximum absolute atomic E-state index is 12.2. The summed E-state index contributed by atoms with van der Waals surface area (Å²) in [4.78, 5) is 17.1. The monoisotopic (exact) mass is 300 g/mol. The molecular weight excluding hydrogens is 284 g/mol. The molecule has 4 rings (SSSR count). The molecule has 0 atom stereocenters. The van der Waals surface area contributed by atoms with E-state index in [1.165, 1.54) is 0 Å². The van der Waals surface area contributed by atoms with Crippen LogP contribution in [0.1, 0.15) is 21.5 Å². The van der Waals surface area contributed by atoms with Crippen LogP contribution >= 0.6 is 0 Å². The number of aromatic nitrogens is 1. The summed E-state index contributed by atoms with van der Waals surface area (Å²) in [5.74, 6) is -0.411. The minimum absolute atomic E-state index is 0.411. The van der Waals surface area contributed by atoms with Crippen molar-refractivity contribution in [2.75, 3.05) is 0 Å². The van der Waals surface area contributed by atoms with E-state index in [-0.39, 0.29) is 0 Å². The molecule has 0 spiro atoms. The molecule has 0 aliphatic carbocycles. The number of pyridine rings is 1. The number of amides is 1. The van der Waals surface area contributed by atoms with Crippen LogP contribution in [-0.2, 0) is 0 Å². The maximum Gasteiger partial charge on any atom is 0.250 e. The lowest BCUT2D eigenvalue weighted by molar-refractivity contribution is 0.100. The first-order chi connectivity index (χ1) is 11.1. The number of hydrogen-bond acceptors (Lipinski definition) is 2. The fourth-order valence-electron chi connectivity index (χ4n) is 3.43. The Hall–Kier alpha value is -2.94. The van der Waals surface area contributed by atoms with Crippen molar-refractivity contribution >= 4 is 38.5 Å². The third kappa shape index (κ3) is 1.83. The molecule has 0 bridgehead atoms. The second kappa shape index (κ2) is 4.78. The molecule has 0 saturated heterocycles. The maximum atomic E-state index is 12.2. The van der Waals surface area contributed by atoms with Gasteiger partial charge < -0.3 is 5.73 Å². The second-order valence-corrected chi connectivity index (χ2v) is 5.89. The van der Waals surface area contributed by atoms with Crippen molar-refractivity contribution in [2.24, 2.45) is 5.73 Å². The molecule has 2 N–H and O–H groups in total. The van der Waals surface area contributed by atoms with Gasteiger partial charge in [0.15, 0.2) is 0 Å². The number of carbonyl (C=O) groups excluding carboxylic acids is 1. The average Bonchev–Trinajstić information content (AvgIpc) is 2.57. The predicted molar refractivity (Wildman–Crippen MR) is 94.7 cm³/mol. The molecule has 3 nitrogen and oxygen atoms in total. The van der Waals surface area contributed by atoms with E-state index < -0.39 is 5.91 Å². The number of nitrogens with zero attached hydrogens (tertiary/aromatic N) is 1. The van der Waals surface area contributed by atoms with E-state index in [2.05, 4.69) is 19.1 Å². The topological polar surface area (TPSA) is 56.0 Å². The summed E-state index contributed by atoms with van der Waals surface area (Å²) in [5.41, 5.74) is 10.2. The highest BCUT2D eigenvalue weighted by atomic mass is 16.1. The summed E-state index contributed by atoms with van der Waals surface area (Å²) in [6.07, 6.45) is 0. The van der Waals surface area contributed by atoms with Crippen LogP contribution in [0.4, 0.5) is 0 Å². The van der Waals surface area contributed by atoms with E-state index in [4.69, 9.17) is 10.7 Å². The number of benzene rings is 3. The largest absolute Gasteiger partial charge is 0.366 e. The van der Waals surface area contributed by atoms with Gasteiger partial charge in [-0.25, -0.2) is 4.98 Å². The highest BCUT2D eigenvalue weighted by molar-refractivity contribution is 6.21. The Morgan fingerprint density at radius 3 is 2.17 bits per heavy atom. The molecule has 0 aliphatic heterocycles. The molecule has 3 heteroatoms. The number of carbonyl (C=O) groups is 1. The molecule has 0 aliphatic rings. The van der Waals surface area contributed by atoms with Crippen molar-refractivity contribution < 1.29 is 4.79 Å². The summed E-state index contributed by atoms with van der Waals surface area (Å²) < 4.78 is 0. The Morgan fingerprint density at radius 1 is 0.870 bits per heavy atom. The average molecular weight is 300 g/mol.